The molecule has 1 aromatic heterocycles. The SMILES string of the molecule is O=c1c(Cl)c(N[C@H]2CCCC[C@@H]2O)cnn1-c1ccc([N+](=O)[O-])cc1. The van der Waals surface area contributed by atoms with Gasteiger partial charge in [-0.25, -0.2) is 0 Å². The maximum Gasteiger partial charge on any atom is 0.292 e. The van der Waals surface area contributed by atoms with Gasteiger partial charge < -0.3 is 10.4 Å². The second-order valence-electron chi connectivity index (χ2n) is 5.97. The van der Waals surface area contributed by atoms with Crippen molar-refractivity contribution in [1.29, 1.82) is 0 Å². The molecule has 3 rings (SSSR count). The van der Waals surface area contributed by atoms with Gasteiger partial charge in [-0.3, -0.25) is 14.9 Å². The van der Waals surface area contributed by atoms with Gasteiger partial charge in [0.15, 0.2) is 0 Å². The van der Waals surface area contributed by atoms with E-state index < -0.39 is 16.6 Å². The van der Waals surface area contributed by atoms with Crippen molar-refractivity contribution in [2.24, 2.45) is 0 Å². The van der Waals surface area contributed by atoms with Crippen molar-refractivity contribution in [2.75, 3.05) is 5.32 Å². The fourth-order valence-electron chi connectivity index (χ4n) is 2.91. The van der Waals surface area contributed by atoms with Crippen molar-refractivity contribution in [2.45, 2.75) is 37.8 Å². The molecule has 0 amide bonds. The number of aliphatic hydroxyl groups is 1. The number of hydrogen-bond acceptors (Lipinski definition) is 6. The monoisotopic (exact) mass is 364 g/mol. The van der Waals surface area contributed by atoms with E-state index >= 15 is 0 Å². The summed E-state index contributed by atoms with van der Waals surface area (Å²) in [5.41, 5.74) is 0.135. The van der Waals surface area contributed by atoms with Crippen LogP contribution in [0.2, 0.25) is 5.02 Å². The number of halogens is 1. The Labute approximate surface area is 148 Å². The summed E-state index contributed by atoms with van der Waals surface area (Å²) < 4.78 is 1.08. The summed E-state index contributed by atoms with van der Waals surface area (Å²) in [6.45, 7) is 0. The van der Waals surface area contributed by atoms with E-state index in [1.807, 2.05) is 0 Å². The predicted octanol–water partition coefficient (Wildman–Crippen LogP) is 2.51. The van der Waals surface area contributed by atoms with Crippen LogP contribution in [0.25, 0.3) is 5.69 Å². The molecule has 9 heteroatoms. The van der Waals surface area contributed by atoms with Gasteiger partial charge >= 0.3 is 0 Å². The third-order valence-corrected chi connectivity index (χ3v) is 4.66. The third-order valence-electron chi connectivity index (χ3n) is 4.29. The molecule has 0 radical (unpaired) electrons. The van der Waals surface area contributed by atoms with Crippen LogP contribution in [0.4, 0.5) is 11.4 Å². The zero-order valence-corrected chi connectivity index (χ0v) is 14.0. The van der Waals surface area contributed by atoms with Crippen LogP contribution in [0.5, 0.6) is 0 Å². The fourth-order valence-corrected chi connectivity index (χ4v) is 3.10. The molecule has 8 nitrogen and oxygen atoms in total. The first-order valence-corrected chi connectivity index (χ1v) is 8.32. The first-order valence-electron chi connectivity index (χ1n) is 7.94. The topological polar surface area (TPSA) is 110 Å². The van der Waals surface area contributed by atoms with Crippen LogP contribution in [-0.2, 0) is 0 Å². The van der Waals surface area contributed by atoms with Crippen molar-refractivity contribution in [3.63, 3.8) is 0 Å². The molecule has 0 spiro atoms. The number of nitrogens with zero attached hydrogens (tertiary/aromatic N) is 3. The Hall–Kier alpha value is -2.45. The molecule has 2 N–H and O–H groups in total. The van der Waals surface area contributed by atoms with Crippen LogP contribution in [0.3, 0.4) is 0 Å². The standard InChI is InChI=1S/C16H17ClN4O4/c17-15-13(19-12-3-1-2-4-14(12)22)9-18-20(16(15)23)10-5-7-11(8-6-10)21(24)25/h5-9,12,14,19,22H,1-4H2/t12-,14-/m0/s1. The second-order valence-corrected chi connectivity index (χ2v) is 6.34. The largest absolute Gasteiger partial charge is 0.391 e. The number of nitrogens with one attached hydrogen (secondary N) is 1. The highest BCUT2D eigenvalue weighted by atomic mass is 35.5. The van der Waals surface area contributed by atoms with Gasteiger partial charge in [0.2, 0.25) is 0 Å². The average Bonchev–Trinajstić information content (AvgIpc) is 2.61. The summed E-state index contributed by atoms with van der Waals surface area (Å²) in [6, 6.07) is 5.29. The van der Waals surface area contributed by atoms with E-state index in [2.05, 4.69) is 10.4 Å². The van der Waals surface area contributed by atoms with Crippen LogP contribution >= 0.6 is 11.6 Å². The number of rotatable bonds is 4. The molecule has 1 heterocycles. The van der Waals surface area contributed by atoms with E-state index in [0.717, 1.165) is 23.9 Å². The maximum atomic E-state index is 12.5. The number of nitro groups is 1. The molecular formula is C16H17ClN4O4. The maximum absolute atomic E-state index is 12.5. The number of benzene rings is 1. The zero-order chi connectivity index (χ0) is 18.0. The lowest BCUT2D eigenvalue weighted by Crippen LogP contribution is -2.37. The molecular weight excluding hydrogens is 348 g/mol. The zero-order valence-electron chi connectivity index (χ0n) is 13.3. The lowest BCUT2D eigenvalue weighted by molar-refractivity contribution is -0.384. The Balaban J connectivity index is 1.87. The highest BCUT2D eigenvalue weighted by molar-refractivity contribution is 6.33. The molecule has 1 aliphatic carbocycles. The first kappa shape index (κ1) is 17.4. The summed E-state index contributed by atoms with van der Waals surface area (Å²) in [7, 11) is 0. The Kier molecular flexibility index (Phi) is 5.00. The smallest absolute Gasteiger partial charge is 0.292 e. The van der Waals surface area contributed by atoms with E-state index in [1.165, 1.54) is 30.5 Å². The summed E-state index contributed by atoms with van der Waals surface area (Å²) in [6.07, 6.45) is 4.42. The van der Waals surface area contributed by atoms with Crippen LogP contribution in [0.1, 0.15) is 25.7 Å². The van der Waals surface area contributed by atoms with Crippen molar-refractivity contribution in [3.05, 3.63) is 56.0 Å². The molecule has 1 saturated carbocycles. The van der Waals surface area contributed by atoms with Gasteiger partial charge in [-0.2, -0.15) is 9.78 Å². The highest BCUT2D eigenvalue weighted by Gasteiger charge is 2.24. The first-order chi connectivity index (χ1) is 12.0. The number of anilines is 1. The van der Waals surface area contributed by atoms with Crippen LogP contribution in [0, 0.1) is 10.1 Å². The van der Waals surface area contributed by atoms with Crippen LogP contribution < -0.4 is 10.9 Å². The highest BCUT2D eigenvalue weighted by Crippen LogP contribution is 2.25. The molecule has 0 bridgehead atoms. The quantitative estimate of drug-likeness (QED) is 0.637. The minimum atomic E-state index is -0.536. The van der Waals surface area contributed by atoms with Gasteiger partial charge in [-0.15, -0.1) is 0 Å². The van der Waals surface area contributed by atoms with Crippen LogP contribution in [-0.4, -0.2) is 32.0 Å². The molecule has 1 aromatic carbocycles. The Morgan fingerprint density at radius 1 is 1.28 bits per heavy atom. The fraction of sp³-hybridized carbons (Fsp3) is 0.375. The number of aliphatic hydroxyl groups excluding tert-OH is 1. The van der Waals surface area contributed by atoms with Gasteiger partial charge in [0.05, 0.1) is 34.6 Å². The molecule has 1 aliphatic rings. The number of nitro benzene ring substituents is 1. The van der Waals surface area contributed by atoms with Gasteiger partial charge in [-0.1, -0.05) is 24.4 Å². The van der Waals surface area contributed by atoms with Crippen LogP contribution in [0.15, 0.2) is 35.3 Å². The van der Waals surface area contributed by atoms with E-state index in [-0.39, 0.29) is 16.8 Å². The second kappa shape index (κ2) is 7.20. The van der Waals surface area contributed by atoms with Crippen molar-refractivity contribution in [1.82, 2.24) is 9.78 Å². The molecule has 1 fully saturated rings. The Morgan fingerprint density at radius 3 is 2.60 bits per heavy atom. The van der Waals surface area contributed by atoms with E-state index in [4.69, 9.17) is 11.6 Å². The normalized spacial score (nSPS) is 20.2. The Bertz CT molecular complexity index is 837. The molecule has 0 saturated heterocycles. The lowest BCUT2D eigenvalue weighted by atomic mass is 9.92. The summed E-state index contributed by atoms with van der Waals surface area (Å²) in [4.78, 5) is 22.6. The minimum absolute atomic E-state index is 0.0360. The average molecular weight is 365 g/mol. The summed E-state index contributed by atoms with van der Waals surface area (Å²) in [5.74, 6) is 0. The molecule has 2 atom stereocenters. The van der Waals surface area contributed by atoms with Gasteiger partial charge in [-0.05, 0) is 25.0 Å². The lowest BCUT2D eigenvalue weighted by Gasteiger charge is -2.29. The van der Waals surface area contributed by atoms with Gasteiger partial charge in [0.1, 0.15) is 5.02 Å². The predicted molar refractivity (Wildman–Crippen MR) is 93.4 cm³/mol. The van der Waals surface area contributed by atoms with Gasteiger partial charge in [0.25, 0.3) is 11.2 Å². The molecule has 132 valence electrons. The van der Waals surface area contributed by atoms with Crippen molar-refractivity contribution >= 4 is 23.0 Å². The molecule has 25 heavy (non-hydrogen) atoms. The van der Waals surface area contributed by atoms with Gasteiger partial charge in [0, 0.05) is 12.1 Å². The van der Waals surface area contributed by atoms with E-state index in [1.54, 1.807) is 0 Å². The molecule has 2 aromatic rings. The molecule has 0 aliphatic heterocycles. The number of hydrogen-bond donors (Lipinski definition) is 2. The van der Waals surface area contributed by atoms with E-state index in [9.17, 15) is 20.0 Å². The van der Waals surface area contributed by atoms with Crippen molar-refractivity contribution < 1.29 is 10.0 Å². The number of non-ortho nitro benzene ring substituents is 1. The van der Waals surface area contributed by atoms with E-state index in [0.29, 0.717) is 17.8 Å². The summed E-state index contributed by atoms with van der Waals surface area (Å²) >= 11 is 6.17. The number of aromatic nitrogens is 2. The van der Waals surface area contributed by atoms with Crippen molar-refractivity contribution in [3.8, 4) is 5.69 Å². The minimum Gasteiger partial charge on any atom is -0.391 e. The summed E-state index contributed by atoms with van der Waals surface area (Å²) in [5, 5.41) is 27.9. The Morgan fingerprint density at radius 2 is 1.96 bits per heavy atom. The third kappa shape index (κ3) is 3.64. The molecule has 0 unspecified atom stereocenters.